The summed E-state index contributed by atoms with van der Waals surface area (Å²) in [5.74, 6) is 0.876. The normalized spacial score (nSPS) is 36.5. The standard InChI is InChI=1S/C18H34N2O2/c1-15-11-20(12-16(2)22-15)13-17-6-8-19(9-7-17)14-18-5-3-4-10-21-18/h15-18H,3-14H2,1-2H3/t15-,16+,18-/m0/s1. The summed E-state index contributed by atoms with van der Waals surface area (Å²) in [6.07, 6.45) is 7.89. The molecule has 0 amide bonds. The molecule has 3 saturated heterocycles. The summed E-state index contributed by atoms with van der Waals surface area (Å²) in [5, 5.41) is 0. The molecule has 22 heavy (non-hydrogen) atoms. The van der Waals surface area contributed by atoms with E-state index < -0.39 is 0 Å². The van der Waals surface area contributed by atoms with Crippen LogP contribution in [0.3, 0.4) is 0 Å². The van der Waals surface area contributed by atoms with Crippen molar-refractivity contribution in [1.82, 2.24) is 9.80 Å². The summed E-state index contributed by atoms with van der Waals surface area (Å²) in [7, 11) is 0. The van der Waals surface area contributed by atoms with E-state index in [4.69, 9.17) is 9.47 Å². The Kier molecular flexibility index (Phi) is 6.14. The molecule has 3 heterocycles. The highest BCUT2D eigenvalue weighted by Crippen LogP contribution is 2.22. The summed E-state index contributed by atoms with van der Waals surface area (Å²) < 4.78 is 11.7. The van der Waals surface area contributed by atoms with E-state index in [0.29, 0.717) is 18.3 Å². The van der Waals surface area contributed by atoms with Crippen molar-refractivity contribution in [3.63, 3.8) is 0 Å². The highest BCUT2D eigenvalue weighted by molar-refractivity contribution is 4.80. The summed E-state index contributed by atoms with van der Waals surface area (Å²) in [5.41, 5.74) is 0. The van der Waals surface area contributed by atoms with Crippen molar-refractivity contribution in [2.45, 2.75) is 64.3 Å². The Morgan fingerprint density at radius 2 is 1.59 bits per heavy atom. The van der Waals surface area contributed by atoms with E-state index in [1.165, 1.54) is 58.3 Å². The van der Waals surface area contributed by atoms with Gasteiger partial charge in [-0.3, -0.25) is 4.90 Å². The molecule has 0 N–H and O–H groups in total. The monoisotopic (exact) mass is 310 g/mol. The molecule has 0 aromatic heterocycles. The lowest BCUT2D eigenvalue weighted by Crippen LogP contribution is -2.48. The Bertz CT molecular complexity index is 315. The number of rotatable bonds is 4. The smallest absolute Gasteiger partial charge is 0.0702 e. The van der Waals surface area contributed by atoms with Crippen molar-refractivity contribution < 1.29 is 9.47 Å². The number of hydrogen-bond donors (Lipinski definition) is 0. The molecule has 128 valence electrons. The minimum absolute atomic E-state index is 0.396. The van der Waals surface area contributed by atoms with E-state index in [2.05, 4.69) is 23.6 Å². The van der Waals surface area contributed by atoms with E-state index in [0.717, 1.165) is 25.6 Å². The summed E-state index contributed by atoms with van der Waals surface area (Å²) in [6, 6.07) is 0. The van der Waals surface area contributed by atoms with Crippen LogP contribution in [0.5, 0.6) is 0 Å². The first-order valence-electron chi connectivity index (χ1n) is 9.41. The van der Waals surface area contributed by atoms with Crippen LogP contribution in [0.2, 0.25) is 0 Å². The van der Waals surface area contributed by atoms with Crippen LogP contribution >= 0.6 is 0 Å². The van der Waals surface area contributed by atoms with Gasteiger partial charge in [0.1, 0.15) is 0 Å². The number of piperidine rings is 1. The molecule has 0 bridgehead atoms. The quantitative estimate of drug-likeness (QED) is 0.796. The summed E-state index contributed by atoms with van der Waals surface area (Å²) >= 11 is 0. The molecule has 4 nitrogen and oxygen atoms in total. The molecule has 0 spiro atoms. The molecule has 0 saturated carbocycles. The first-order chi connectivity index (χ1) is 10.7. The lowest BCUT2D eigenvalue weighted by Gasteiger charge is -2.40. The molecule has 0 aromatic carbocycles. The van der Waals surface area contributed by atoms with Gasteiger partial charge in [-0.05, 0) is 65.0 Å². The SMILES string of the molecule is C[C@@H]1CN(CC2CCN(C[C@@H]3CCCCO3)CC2)C[C@H](C)O1. The Labute approximate surface area is 136 Å². The van der Waals surface area contributed by atoms with Crippen LogP contribution in [-0.2, 0) is 9.47 Å². The fraction of sp³-hybridized carbons (Fsp3) is 1.00. The average Bonchev–Trinajstić information content (AvgIpc) is 2.49. The second-order valence-electron chi connectivity index (χ2n) is 7.71. The van der Waals surface area contributed by atoms with E-state index in [-0.39, 0.29) is 0 Å². The number of likely N-dealkylation sites (tertiary alicyclic amines) is 1. The molecule has 0 radical (unpaired) electrons. The maximum absolute atomic E-state index is 5.89. The van der Waals surface area contributed by atoms with Crippen LogP contribution in [0.4, 0.5) is 0 Å². The zero-order chi connectivity index (χ0) is 15.4. The van der Waals surface area contributed by atoms with Crippen LogP contribution in [0.15, 0.2) is 0 Å². The van der Waals surface area contributed by atoms with Gasteiger partial charge in [-0.2, -0.15) is 0 Å². The molecular weight excluding hydrogens is 276 g/mol. The minimum atomic E-state index is 0.396. The molecule has 0 aromatic rings. The first-order valence-corrected chi connectivity index (χ1v) is 9.41. The topological polar surface area (TPSA) is 24.9 Å². The second-order valence-corrected chi connectivity index (χ2v) is 7.71. The predicted molar refractivity (Wildman–Crippen MR) is 89.2 cm³/mol. The average molecular weight is 310 g/mol. The van der Waals surface area contributed by atoms with E-state index in [1.807, 2.05) is 0 Å². The van der Waals surface area contributed by atoms with Crippen molar-refractivity contribution in [2.24, 2.45) is 5.92 Å². The number of nitrogens with zero attached hydrogens (tertiary/aromatic N) is 2. The molecule has 0 unspecified atom stereocenters. The van der Waals surface area contributed by atoms with Crippen molar-refractivity contribution in [1.29, 1.82) is 0 Å². The van der Waals surface area contributed by atoms with Crippen molar-refractivity contribution in [3.8, 4) is 0 Å². The van der Waals surface area contributed by atoms with Gasteiger partial charge in [-0.1, -0.05) is 0 Å². The lowest BCUT2D eigenvalue weighted by molar-refractivity contribution is -0.0738. The Hall–Kier alpha value is -0.160. The van der Waals surface area contributed by atoms with E-state index in [9.17, 15) is 0 Å². The van der Waals surface area contributed by atoms with E-state index >= 15 is 0 Å². The maximum Gasteiger partial charge on any atom is 0.0702 e. The van der Waals surface area contributed by atoms with Gasteiger partial charge in [0.2, 0.25) is 0 Å². The zero-order valence-electron chi connectivity index (χ0n) is 14.5. The molecule has 3 aliphatic rings. The Morgan fingerprint density at radius 3 is 2.23 bits per heavy atom. The largest absolute Gasteiger partial charge is 0.377 e. The molecule has 0 aliphatic carbocycles. The van der Waals surface area contributed by atoms with Gasteiger partial charge in [-0.25, -0.2) is 0 Å². The number of morpholine rings is 1. The fourth-order valence-corrected chi connectivity index (χ4v) is 4.39. The van der Waals surface area contributed by atoms with Gasteiger partial charge < -0.3 is 14.4 Å². The van der Waals surface area contributed by atoms with Crippen LogP contribution in [0.1, 0.15) is 46.0 Å². The van der Waals surface area contributed by atoms with Gasteiger partial charge in [0, 0.05) is 32.8 Å². The molecular formula is C18H34N2O2. The molecule has 3 rings (SSSR count). The second kappa shape index (κ2) is 8.09. The van der Waals surface area contributed by atoms with Gasteiger partial charge >= 0.3 is 0 Å². The van der Waals surface area contributed by atoms with Gasteiger partial charge in [0.05, 0.1) is 18.3 Å². The zero-order valence-corrected chi connectivity index (χ0v) is 14.5. The van der Waals surface area contributed by atoms with Gasteiger partial charge in [0.25, 0.3) is 0 Å². The van der Waals surface area contributed by atoms with Crippen molar-refractivity contribution in [3.05, 3.63) is 0 Å². The minimum Gasteiger partial charge on any atom is -0.377 e. The molecule has 3 aliphatic heterocycles. The maximum atomic E-state index is 5.89. The predicted octanol–water partition coefficient (Wildman–Crippen LogP) is 2.38. The first kappa shape index (κ1) is 16.7. The summed E-state index contributed by atoms with van der Waals surface area (Å²) in [6.45, 7) is 12.6. The highest BCUT2D eigenvalue weighted by atomic mass is 16.5. The Morgan fingerprint density at radius 1 is 0.864 bits per heavy atom. The highest BCUT2D eigenvalue weighted by Gasteiger charge is 2.27. The third-order valence-electron chi connectivity index (χ3n) is 5.45. The van der Waals surface area contributed by atoms with Crippen molar-refractivity contribution >= 4 is 0 Å². The van der Waals surface area contributed by atoms with Crippen LogP contribution in [-0.4, -0.2) is 74.0 Å². The third kappa shape index (κ3) is 4.92. The molecule has 4 heteroatoms. The van der Waals surface area contributed by atoms with Crippen LogP contribution < -0.4 is 0 Å². The molecule has 3 atom stereocenters. The third-order valence-corrected chi connectivity index (χ3v) is 5.45. The summed E-state index contributed by atoms with van der Waals surface area (Å²) in [4.78, 5) is 5.26. The number of ether oxygens (including phenoxy) is 2. The Balaban J connectivity index is 1.36. The van der Waals surface area contributed by atoms with Crippen LogP contribution in [0, 0.1) is 5.92 Å². The number of hydrogen-bond acceptors (Lipinski definition) is 4. The van der Waals surface area contributed by atoms with Crippen molar-refractivity contribution in [2.75, 3.05) is 45.9 Å². The van der Waals surface area contributed by atoms with Gasteiger partial charge in [-0.15, -0.1) is 0 Å². The van der Waals surface area contributed by atoms with E-state index in [1.54, 1.807) is 0 Å². The molecule has 3 fully saturated rings. The van der Waals surface area contributed by atoms with Gasteiger partial charge in [0.15, 0.2) is 0 Å². The fourth-order valence-electron chi connectivity index (χ4n) is 4.39. The lowest BCUT2D eigenvalue weighted by atomic mass is 9.95. The van der Waals surface area contributed by atoms with Crippen LogP contribution in [0.25, 0.3) is 0 Å².